The summed E-state index contributed by atoms with van der Waals surface area (Å²) in [5.41, 5.74) is 1.38. The van der Waals surface area contributed by atoms with Crippen LogP contribution in [0.1, 0.15) is 12.5 Å². The third-order valence-electron chi connectivity index (χ3n) is 3.49. The summed E-state index contributed by atoms with van der Waals surface area (Å²) in [5.74, 6) is 0. The Hall–Kier alpha value is -0.900. The Kier molecular flexibility index (Phi) is 4.54. The minimum absolute atomic E-state index is 0.269. The van der Waals surface area contributed by atoms with Crippen LogP contribution in [-0.2, 0) is 6.54 Å². The highest BCUT2D eigenvalue weighted by Gasteiger charge is 2.22. The van der Waals surface area contributed by atoms with E-state index in [1.807, 2.05) is 0 Å². The molecule has 1 aliphatic heterocycles. The molecule has 1 aliphatic rings. The second kappa shape index (κ2) is 6.15. The van der Waals surface area contributed by atoms with E-state index in [1.54, 1.807) is 0 Å². The average Bonchev–Trinajstić information content (AvgIpc) is 2.34. The van der Waals surface area contributed by atoms with Crippen molar-refractivity contribution in [1.29, 1.82) is 0 Å². The molecule has 1 heterocycles. The zero-order valence-electron chi connectivity index (χ0n) is 10.5. The van der Waals surface area contributed by atoms with E-state index in [0.717, 1.165) is 32.7 Å². The van der Waals surface area contributed by atoms with Gasteiger partial charge in [-0.25, -0.2) is 0 Å². The third-order valence-corrected chi connectivity index (χ3v) is 3.49. The molecule has 3 nitrogen and oxygen atoms in total. The highest BCUT2D eigenvalue weighted by Crippen LogP contribution is 2.13. The summed E-state index contributed by atoms with van der Waals surface area (Å²) in [5, 5.41) is 8.95. The molecular formula is C14H22N2O. The fourth-order valence-electron chi connectivity index (χ4n) is 2.47. The predicted molar refractivity (Wildman–Crippen MR) is 69.8 cm³/mol. The van der Waals surface area contributed by atoms with Crippen LogP contribution < -0.4 is 0 Å². The van der Waals surface area contributed by atoms with Gasteiger partial charge in [0.1, 0.15) is 0 Å². The molecule has 0 spiro atoms. The van der Waals surface area contributed by atoms with Crippen LogP contribution in [0.2, 0.25) is 0 Å². The molecule has 17 heavy (non-hydrogen) atoms. The van der Waals surface area contributed by atoms with E-state index in [0.29, 0.717) is 6.04 Å². The van der Waals surface area contributed by atoms with E-state index < -0.39 is 0 Å². The van der Waals surface area contributed by atoms with Gasteiger partial charge in [0.2, 0.25) is 0 Å². The van der Waals surface area contributed by atoms with Crippen LogP contribution >= 0.6 is 0 Å². The maximum absolute atomic E-state index is 8.95. The largest absolute Gasteiger partial charge is 0.395 e. The number of rotatable bonds is 4. The average molecular weight is 234 g/mol. The lowest BCUT2D eigenvalue weighted by Crippen LogP contribution is -2.51. The van der Waals surface area contributed by atoms with Crippen molar-refractivity contribution < 1.29 is 5.11 Å². The first-order chi connectivity index (χ1) is 8.29. The molecule has 0 aromatic heterocycles. The summed E-state index contributed by atoms with van der Waals surface area (Å²) in [7, 11) is 0. The number of piperazine rings is 1. The van der Waals surface area contributed by atoms with Gasteiger partial charge in [-0.3, -0.25) is 9.80 Å². The van der Waals surface area contributed by atoms with Crippen molar-refractivity contribution in [3.05, 3.63) is 35.9 Å². The lowest BCUT2D eigenvalue weighted by Gasteiger charge is -2.39. The van der Waals surface area contributed by atoms with Gasteiger partial charge in [0.25, 0.3) is 0 Å². The second-order valence-corrected chi connectivity index (χ2v) is 4.83. The van der Waals surface area contributed by atoms with Gasteiger partial charge in [-0.1, -0.05) is 30.3 Å². The van der Waals surface area contributed by atoms with Gasteiger partial charge in [-0.15, -0.1) is 0 Å². The van der Waals surface area contributed by atoms with Gasteiger partial charge in [0.05, 0.1) is 6.61 Å². The highest BCUT2D eigenvalue weighted by atomic mass is 16.3. The fourth-order valence-corrected chi connectivity index (χ4v) is 2.47. The fraction of sp³-hybridized carbons (Fsp3) is 0.571. The van der Waals surface area contributed by atoms with Crippen LogP contribution in [0.5, 0.6) is 0 Å². The van der Waals surface area contributed by atoms with E-state index >= 15 is 0 Å². The molecule has 2 rings (SSSR count). The van der Waals surface area contributed by atoms with E-state index in [1.165, 1.54) is 5.56 Å². The molecule has 1 aromatic carbocycles. The van der Waals surface area contributed by atoms with Crippen molar-refractivity contribution in [2.45, 2.75) is 19.5 Å². The van der Waals surface area contributed by atoms with Crippen LogP contribution in [0.3, 0.4) is 0 Å². The van der Waals surface area contributed by atoms with Crippen molar-refractivity contribution in [1.82, 2.24) is 9.80 Å². The normalized spacial score (nSPS) is 22.8. The molecule has 1 aromatic rings. The molecule has 0 unspecified atom stereocenters. The molecule has 1 atom stereocenters. The zero-order chi connectivity index (χ0) is 12.1. The number of hydrogen-bond acceptors (Lipinski definition) is 3. The molecule has 0 radical (unpaired) electrons. The quantitative estimate of drug-likeness (QED) is 0.847. The second-order valence-electron chi connectivity index (χ2n) is 4.83. The molecule has 0 bridgehead atoms. The van der Waals surface area contributed by atoms with Crippen molar-refractivity contribution in [3.8, 4) is 0 Å². The first-order valence-electron chi connectivity index (χ1n) is 6.41. The standard InChI is InChI=1S/C14H22N2O/c1-13-11-15(9-10-17)7-8-16(13)12-14-5-3-2-4-6-14/h2-6,13,17H,7-12H2,1H3/t13-/m0/s1. The Morgan fingerprint density at radius 2 is 2.00 bits per heavy atom. The molecule has 1 fully saturated rings. The highest BCUT2D eigenvalue weighted by molar-refractivity contribution is 5.14. The first kappa shape index (κ1) is 12.6. The van der Waals surface area contributed by atoms with Crippen molar-refractivity contribution in [2.24, 2.45) is 0 Å². The zero-order valence-corrected chi connectivity index (χ0v) is 10.5. The number of benzene rings is 1. The number of hydrogen-bond donors (Lipinski definition) is 1. The Morgan fingerprint density at radius 1 is 1.24 bits per heavy atom. The Bertz CT molecular complexity index is 328. The maximum atomic E-state index is 8.95. The van der Waals surface area contributed by atoms with Gasteiger partial charge in [0.15, 0.2) is 0 Å². The molecule has 0 aliphatic carbocycles. The van der Waals surface area contributed by atoms with E-state index in [2.05, 4.69) is 47.1 Å². The molecule has 1 N–H and O–H groups in total. The SMILES string of the molecule is C[C@H]1CN(CCO)CCN1Cc1ccccc1. The summed E-state index contributed by atoms with van der Waals surface area (Å²) in [6, 6.07) is 11.2. The van der Waals surface area contributed by atoms with Crippen LogP contribution in [0, 0.1) is 0 Å². The first-order valence-corrected chi connectivity index (χ1v) is 6.41. The monoisotopic (exact) mass is 234 g/mol. The number of nitrogens with zero attached hydrogens (tertiary/aromatic N) is 2. The van der Waals surface area contributed by atoms with E-state index in [4.69, 9.17) is 5.11 Å². The molecular weight excluding hydrogens is 212 g/mol. The summed E-state index contributed by atoms with van der Waals surface area (Å²) < 4.78 is 0. The van der Waals surface area contributed by atoms with Crippen LogP contribution in [-0.4, -0.2) is 53.7 Å². The van der Waals surface area contributed by atoms with Crippen LogP contribution in [0.25, 0.3) is 0 Å². The van der Waals surface area contributed by atoms with Crippen molar-refractivity contribution in [2.75, 3.05) is 32.8 Å². The lowest BCUT2D eigenvalue weighted by atomic mass is 10.1. The predicted octanol–water partition coefficient (Wildman–Crippen LogP) is 1.18. The molecule has 0 amide bonds. The molecule has 1 saturated heterocycles. The Balaban J connectivity index is 1.87. The Morgan fingerprint density at radius 3 is 2.65 bits per heavy atom. The van der Waals surface area contributed by atoms with Crippen LogP contribution in [0.4, 0.5) is 0 Å². The number of aliphatic hydroxyl groups excluding tert-OH is 1. The molecule has 94 valence electrons. The third kappa shape index (κ3) is 3.53. The number of aliphatic hydroxyl groups is 1. The minimum atomic E-state index is 0.269. The maximum Gasteiger partial charge on any atom is 0.0558 e. The van der Waals surface area contributed by atoms with Gasteiger partial charge in [-0.05, 0) is 12.5 Å². The van der Waals surface area contributed by atoms with Gasteiger partial charge in [-0.2, -0.15) is 0 Å². The topological polar surface area (TPSA) is 26.7 Å². The summed E-state index contributed by atoms with van der Waals surface area (Å²) in [6.07, 6.45) is 0. The van der Waals surface area contributed by atoms with Gasteiger partial charge in [0, 0.05) is 38.8 Å². The van der Waals surface area contributed by atoms with Crippen LogP contribution in [0.15, 0.2) is 30.3 Å². The Labute approximate surface area is 104 Å². The lowest BCUT2D eigenvalue weighted by molar-refractivity contribution is 0.0664. The van der Waals surface area contributed by atoms with E-state index in [9.17, 15) is 0 Å². The number of β-amino-alcohol motifs (C(OH)–C–C–N with tert-alkyl or cyclic N) is 1. The van der Waals surface area contributed by atoms with Gasteiger partial charge < -0.3 is 5.11 Å². The molecule has 0 saturated carbocycles. The van der Waals surface area contributed by atoms with E-state index in [-0.39, 0.29) is 6.61 Å². The molecule has 3 heteroatoms. The summed E-state index contributed by atoms with van der Waals surface area (Å²) >= 11 is 0. The van der Waals surface area contributed by atoms with Crippen molar-refractivity contribution >= 4 is 0 Å². The summed E-state index contributed by atoms with van der Waals surface area (Å²) in [6.45, 7) is 7.61. The minimum Gasteiger partial charge on any atom is -0.395 e. The smallest absolute Gasteiger partial charge is 0.0558 e. The van der Waals surface area contributed by atoms with Gasteiger partial charge >= 0.3 is 0 Å². The van der Waals surface area contributed by atoms with Crippen molar-refractivity contribution in [3.63, 3.8) is 0 Å². The summed E-state index contributed by atoms with van der Waals surface area (Å²) in [4.78, 5) is 4.86.